The van der Waals surface area contributed by atoms with Crippen LogP contribution < -0.4 is 20.2 Å². The number of nitrogens with zero attached hydrogens (tertiary/aromatic N) is 2. The van der Waals surface area contributed by atoms with Gasteiger partial charge in [-0.2, -0.15) is 0 Å². The van der Waals surface area contributed by atoms with Gasteiger partial charge in [0.15, 0.2) is 0 Å². The molecule has 0 amide bonds. The number of rotatable bonds is 8. The average molecular weight is 657 g/mol. The highest BCUT2D eigenvalue weighted by atomic mass is 15.2. The van der Waals surface area contributed by atoms with E-state index in [1.54, 1.807) is 0 Å². The maximum atomic E-state index is 2.69. The van der Waals surface area contributed by atoms with E-state index in [4.69, 9.17) is 0 Å². The first kappa shape index (κ1) is 33.7. The molecular weight excluding hydrogens is 605 g/mol. The van der Waals surface area contributed by atoms with E-state index in [-0.39, 0.29) is 17.4 Å². The third-order valence-corrected chi connectivity index (χ3v) is 11.1. The van der Waals surface area contributed by atoms with Gasteiger partial charge in [-0.3, -0.25) is 0 Å². The van der Waals surface area contributed by atoms with Crippen LogP contribution in [-0.4, -0.2) is 6.04 Å². The molecule has 0 saturated carbocycles. The lowest BCUT2D eigenvalue weighted by Gasteiger charge is -2.51. The Morgan fingerprint density at radius 2 is 1.26 bits per heavy atom. The van der Waals surface area contributed by atoms with Crippen LogP contribution in [0.2, 0.25) is 0 Å². The summed E-state index contributed by atoms with van der Waals surface area (Å²) in [6.07, 6.45) is 16.8. The number of hydrogen-bond acceptors (Lipinski definition) is 2. The summed E-state index contributed by atoms with van der Waals surface area (Å²) in [5, 5.41) is 2.62. The van der Waals surface area contributed by atoms with Crippen molar-refractivity contribution in [1.29, 1.82) is 0 Å². The maximum absolute atomic E-state index is 2.69. The van der Waals surface area contributed by atoms with E-state index in [0.29, 0.717) is 17.8 Å². The number of benzene rings is 4. The molecule has 4 atom stereocenters. The van der Waals surface area contributed by atoms with Gasteiger partial charge in [-0.15, -0.1) is 0 Å². The van der Waals surface area contributed by atoms with Crippen LogP contribution >= 0.6 is 0 Å². The smallest absolute Gasteiger partial charge is 0.0582 e. The van der Waals surface area contributed by atoms with Crippen LogP contribution in [0.3, 0.4) is 0 Å². The van der Waals surface area contributed by atoms with E-state index >= 15 is 0 Å². The number of fused-ring (bicyclic) bond motifs is 2. The number of para-hydroxylation sites is 1. The Hall–Kier alpha value is -4.82. The molecule has 0 radical (unpaired) electrons. The molecule has 0 bridgehead atoms. The Bertz CT molecular complexity index is 2110. The monoisotopic (exact) mass is 656 g/mol. The van der Waals surface area contributed by atoms with Crippen molar-refractivity contribution < 1.29 is 0 Å². The quantitative estimate of drug-likeness (QED) is 0.186. The fourth-order valence-corrected chi connectivity index (χ4v) is 8.17. The lowest BCUT2D eigenvalue weighted by Crippen LogP contribution is -2.55. The molecule has 0 fully saturated rings. The molecule has 0 N–H and O–H groups in total. The molecular formula is C48H52N2. The first-order chi connectivity index (χ1) is 24.1. The van der Waals surface area contributed by atoms with Crippen LogP contribution in [0.1, 0.15) is 64.2 Å². The fourth-order valence-electron chi connectivity index (χ4n) is 8.17. The molecule has 3 aliphatic rings. The van der Waals surface area contributed by atoms with Gasteiger partial charge in [0.1, 0.15) is 0 Å². The predicted octanol–water partition coefficient (Wildman–Crippen LogP) is 10.9. The number of allylic oxidation sites excluding steroid dienone is 4. The molecule has 4 aromatic rings. The Labute approximate surface area is 300 Å². The maximum Gasteiger partial charge on any atom is 0.0582 e. The second kappa shape index (κ2) is 13.5. The first-order valence-electron chi connectivity index (χ1n) is 18.5. The zero-order valence-corrected chi connectivity index (χ0v) is 31.1. The largest absolute Gasteiger partial charge is 0.336 e. The van der Waals surface area contributed by atoms with Gasteiger partial charge in [0.2, 0.25) is 0 Å². The number of anilines is 3. The second-order valence-corrected chi connectivity index (χ2v) is 15.4. The summed E-state index contributed by atoms with van der Waals surface area (Å²) in [6.45, 7) is 18.5. The summed E-state index contributed by atoms with van der Waals surface area (Å²) in [5.74, 6) is 1.21. The van der Waals surface area contributed by atoms with E-state index in [9.17, 15) is 0 Å². The van der Waals surface area contributed by atoms with Crippen LogP contribution in [0.25, 0.3) is 11.4 Å². The highest BCUT2D eigenvalue weighted by Crippen LogP contribution is 2.53. The third kappa shape index (κ3) is 6.00. The third-order valence-electron chi connectivity index (χ3n) is 11.1. The average Bonchev–Trinajstić information content (AvgIpc) is 3.11. The second-order valence-electron chi connectivity index (χ2n) is 15.4. The molecule has 7 rings (SSSR count). The molecule has 4 aromatic carbocycles. The Kier molecular flexibility index (Phi) is 9.07. The first-order valence-corrected chi connectivity index (χ1v) is 18.5. The molecule has 2 nitrogen and oxygen atoms in total. The Morgan fingerprint density at radius 3 is 1.88 bits per heavy atom. The van der Waals surface area contributed by atoms with Gasteiger partial charge >= 0.3 is 0 Å². The standard InChI is InChI=1S/C48H52N2/c1-32(2)37-22-28-42-43(30-37)46(49(39-15-10-9-11-16-39)40-24-18-34(5)19-25-40)44-29-23-38(33(3)4)31-48(44,8)47(42)50(41-26-20-35(6)21-27-41)45-17-13-12-14-36(45)7/h9-33,36,44-45H,1-8H3. The zero-order valence-electron chi connectivity index (χ0n) is 31.1. The van der Waals surface area contributed by atoms with E-state index in [1.807, 2.05) is 0 Å². The van der Waals surface area contributed by atoms with Gasteiger partial charge in [-0.25, -0.2) is 0 Å². The molecule has 3 aliphatic carbocycles. The zero-order chi connectivity index (χ0) is 35.2. The molecule has 254 valence electrons. The predicted molar refractivity (Wildman–Crippen MR) is 215 cm³/mol. The summed E-state index contributed by atoms with van der Waals surface area (Å²) < 4.78 is 0. The summed E-state index contributed by atoms with van der Waals surface area (Å²) in [6, 6.07) is 36.7. The van der Waals surface area contributed by atoms with Gasteiger partial charge in [-0.05, 0) is 92.1 Å². The topological polar surface area (TPSA) is 6.48 Å². The SMILES string of the molecule is Cc1ccc(N(C2=c3cc(C(C)C)ccc3=C(N(c3ccc(C)cc3)C3C=CC=CC3C)C3(C)C=C(C(C)C)C=CC23)c2ccccc2)cc1. The van der Waals surface area contributed by atoms with Crippen LogP contribution in [0.15, 0.2) is 145 Å². The minimum Gasteiger partial charge on any atom is -0.336 e. The van der Waals surface area contributed by atoms with Crippen molar-refractivity contribution in [2.75, 3.05) is 9.80 Å². The summed E-state index contributed by atoms with van der Waals surface area (Å²) in [5.41, 5.74) is 11.2. The van der Waals surface area contributed by atoms with Gasteiger partial charge in [0.25, 0.3) is 0 Å². The Balaban J connectivity index is 1.68. The van der Waals surface area contributed by atoms with E-state index in [1.165, 1.54) is 61.2 Å². The van der Waals surface area contributed by atoms with Crippen molar-refractivity contribution in [3.63, 3.8) is 0 Å². The molecule has 2 heteroatoms. The van der Waals surface area contributed by atoms with Crippen LogP contribution in [0, 0.1) is 37.0 Å². The van der Waals surface area contributed by atoms with Gasteiger partial charge in [-0.1, -0.05) is 143 Å². The Morgan fingerprint density at radius 1 is 0.640 bits per heavy atom. The van der Waals surface area contributed by atoms with E-state index in [2.05, 4.69) is 205 Å². The summed E-state index contributed by atoms with van der Waals surface area (Å²) in [7, 11) is 0. The van der Waals surface area contributed by atoms with Gasteiger partial charge in [0.05, 0.1) is 6.04 Å². The van der Waals surface area contributed by atoms with Crippen LogP contribution in [0.4, 0.5) is 17.1 Å². The van der Waals surface area contributed by atoms with Crippen LogP contribution in [0.5, 0.6) is 0 Å². The lowest BCUT2D eigenvalue weighted by atomic mass is 9.64. The molecule has 0 aromatic heterocycles. The number of aryl methyl sites for hydroxylation is 2. The van der Waals surface area contributed by atoms with Gasteiger partial charge < -0.3 is 9.80 Å². The fraction of sp³-hybridized carbons (Fsp3) is 0.292. The lowest BCUT2D eigenvalue weighted by molar-refractivity contribution is 0.439. The summed E-state index contributed by atoms with van der Waals surface area (Å²) in [4.78, 5) is 5.23. The molecule has 0 spiro atoms. The highest BCUT2D eigenvalue weighted by Gasteiger charge is 2.47. The van der Waals surface area contributed by atoms with E-state index < -0.39 is 0 Å². The molecule has 0 aliphatic heterocycles. The van der Waals surface area contributed by atoms with Gasteiger partial charge in [0, 0.05) is 50.2 Å². The molecule has 50 heavy (non-hydrogen) atoms. The minimum absolute atomic E-state index is 0.0720. The number of hydrogen-bond donors (Lipinski definition) is 0. The summed E-state index contributed by atoms with van der Waals surface area (Å²) >= 11 is 0. The van der Waals surface area contributed by atoms with Crippen molar-refractivity contribution in [3.8, 4) is 0 Å². The highest BCUT2D eigenvalue weighted by molar-refractivity contribution is 5.88. The van der Waals surface area contributed by atoms with Crippen molar-refractivity contribution in [2.24, 2.45) is 23.2 Å². The molecule has 0 saturated heterocycles. The minimum atomic E-state index is -0.354. The van der Waals surface area contributed by atoms with Crippen molar-refractivity contribution in [2.45, 2.75) is 67.3 Å². The molecule has 4 unspecified atom stereocenters. The van der Waals surface area contributed by atoms with Crippen molar-refractivity contribution in [3.05, 3.63) is 172 Å². The van der Waals surface area contributed by atoms with Crippen LogP contribution in [-0.2, 0) is 0 Å². The normalized spacial score (nSPS) is 22.4. The molecule has 0 heterocycles. The van der Waals surface area contributed by atoms with Crippen molar-refractivity contribution in [1.82, 2.24) is 0 Å². The van der Waals surface area contributed by atoms with Crippen molar-refractivity contribution >= 4 is 28.5 Å². The van der Waals surface area contributed by atoms with E-state index in [0.717, 1.165) is 0 Å².